The van der Waals surface area contributed by atoms with Crippen molar-refractivity contribution >= 4 is 17.2 Å². The van der Waals surface area contributed by atoms with Crippen LogP contribution in [0.15, 0.2) is 40.4 Å². The molecule has 8 heteroatoms. The third-order valence-corrected chi connectivity index (χ3v) is 5.35. The predicted molar refractivity (Wildman–Crippen MR) is 97.2 cm³/mol. The number of hydrogen-bond acceptors (Lipinski definition) is 6. The summed E-state index contributed by atoms with van der Waals surface area (Å²) in [6.45, 7) is 3.16. The van der Waals surface area contributed by atoms with Crippen LogP contribution in [-0.2, 0) is 11.2 Å². The number of oxazole rings is 1. The molecule has 3 heterocycles. The zero-order valence-corrected chi connectivity index (χ0v) is 15.5. The molecule has 1 aromatic carbocycles. The van der Waals surface area contributed by atoms with Gasteiger partial charge in [0.1, 0.15) is 16.5 Å². The van der Waals surface area contributed by atoms with E-state index in [1.165, 1.54) is 23.5 Å². The number of aromatic nitrogens is 2. The molecular formula is C19H18FN3O3S. The van der Waals surface area contributed by atoms with E-state index in [2.05, 4.69) is 9.97 Å². The Morgan fingerprint density at radius 2 is 2.15 bits per heavy atom. The number of aryl methyl sites for hydroxylation is 1. The van der Waals surface area contributed by atoms with Crippen molar-refractivity contribution in [1.29, 1.82) is 0 Å². The van der Waals surface area contributed by atoms with E-state index >= 15 is 0 Å². The van der Waals surface area contributed by atoms with Crippen molar-refractivity contribution in [1.82, 2.24) is 14.9 Å². The highest BCUT2D eigenvalue weighted by Crippen LogP contribution is 2.25. The van der Waals surface area contributed by atoms with Crippen molar-refractivity contribution in [2.75, 3.05) is 19.7 Å². The molecule has 0 saturated carbocycles. The predicted octanol–water partition coefficient (Wildman–Crippen LogP) is 3.38. The summed E-state index contributed by atoms with van der Waals surface area (Å²) in [7, 11) is 0. The van der Waals surface area contributed by atoms with E-state index in [0.29, 0.717) is 42.6 Å². The summed E-state index contributed by atoms with van der Waals surface area (Å²) in [5, 5.41) is 0. The number of carbonyl (C=O) groups excluding carboxylic acids is 1. The number of amides is 1. The molecule has 1 amide bonds. The van der Waals surface area contributed by atoms with Gasteiger partial charge in [-0.2, -0.15) is 0 Å². The zero-order chi connectivity index (χ0) is 18.8. The molecule has 2 aromatic heterocycles. The molecular weight excluding hydrogens is 369 g/mol. The van der Waals surface area contributed by atoms with Crippen molar-refractivity contribution in [3.8, 4) is 0 Å². The Kier molecular flexibility index (Phi) is 5.00. The Labute approximate surface area is 159 Å². The monoisotopic (exact) mass is 387 g/mol. The number of thiazole rings is 1. The fraction of sp³-hybridized carbons (Fsp3) is 0.316. The van der Waals surface area contributed by atoms with Crippen LogP contribution in [0.25, 0.3) is 0 Å². The molecule has 0 aliphatic carbocycles. The second kappa shape index (κ2) is 7.58. The maximum atomic E-state index is 13.0. The summed E-state index contributed by atoms with van der Waals surface area (Å²) in [5.41, 5.74) is 3.35. The lowest BCUT2D eigenvalue weighted by Gasteiger charge is -2.31. The van der Waals surface area contributed by atoms with Gasteiger partial charge >= 0.3 is 0 Å². The molecule has 6 nitrogen and oxygen atoms in total. The molecule has 1 fully saturated rings. The average Bonchev–Trinajstić information content (AvgIpc) is 3.32. The van der Waals surface area contributed by atoms with Gasteiger partial charge in [-0.15, -0.1) is 11.3 Å². The summed E-state index contributed by atoms with van der Waals surface area (Å²) < 4.78 is 24.6. The topological polar surface area (TPSA) is 68.5 Å². The first-order chi connectivity index (χ1) is 13.1. The van der Waals surface area contributed by atoms with Gasteiger partial charge in [0, 0.05) is 13.0 Å². The quantitative estimate of drug-likeness (QED) is 0.686. The molecule has 0 radical (unpaired) electrons. The van der Waals surface area contributed by atoms with Crippen LogP contribution in [0.4, 0.5) is 4.39 Å². The van der Waals surface area contributed by atoms with E-state index in [4.69, 9.17) is 9.15 Å². The first kappa shape index (κ1) is 17.8. The first-order valence-corrected chi connectivity index (χ1v) is 9.48. The van der Waals surface area contributed by atoms with Crippen molar-refractivity contribution in [3.05, 3.63) is 69.6 Å². The van der Waals surface area contributed by atoms with Gasteiger partial charge in [-0.25, -0.2) is 14.4 Å². The van der Waals surface area contributed by atoms with Crippen LogP contribution in [0.3, 0.4) is 0 Å². The second-order valence-electron chi connectivity index (χ2n) is 6.35. The summed E-state index contributed by atoms with van der Waals surface area (Å²) in [6, 6.07) is 6.27. The molecule has 1 saturated heterocycles. The number of rotatable bonds is 4. The smallest absolute Gasteiger partial charge is 0.266 e. The van der Waals surface area contributed by atoms with Crippen molar-refractivity contribution < 1.29 is 18.3 Å². The normalized spacial score (nSPS) is 17.3. The molecule has 0 N–H and O–H groups in total. The van der Waals surface area contributed by atoms with Gasteiger partial charge in [-0.1, -0.05) is 12.1 Å². The van der Waals surface area contributed by atoms with Crippen LogP contribution >= 0.6 is 11.3 Å². The molecule has 0 spiro atoms. The SMILES string of the molecule is Cc1ncsc1C(=O)N1CCOC(c2ncc(Cc3ccc(F)cc3)o2)C1. The molecule has 1 atom stereocenters. The van der Waals surface area contributed by atoms with Gasteiger partial charge in [-0.3, -0.25) is 4.79 Å². The standard InChI is InChI=1S/C19H18FN3O3S/c1-12-17(27-11-22-12)19(24)23-6-7-25-16(10-23)18-21-9-15(26-18)8-13-2-4-14(20)5-3-13/h2-5,9,11,16H,6-8,10H2,1H3. The zero-order valence-electron chi connectivity index (χ0n) is 14.7. The van der Waals surface area contributed by atoms with Gasteiger partial charge < -0.3 is 14.1 Å². The molecule has 27 heavy (non-hydrogen) atoms. The number of halogens is 1. The van der Waals surface area contributed by atoms with Crippen molar-refractivity contribution in [2.45, 2.75) is 19.4 Å². The van der Waals surface area contributed by atoms with E-state index in [9.17, 15) is 9.18 Å². The van der Waals surface area contributed by atoms with Crippen LogP contribution in [0.2, 0.25) is 0 Å². The number of ether oxygens (including phenoxy) is 1. The highest BCUT2D eigenvalue weighted by atomic mass is 32.1. The van der Waals surface area contributed by atoms with Crippen LogP contribution in [0.5, 0.6) is 0 Å². The number of benzene rings is 1. The number of carbonyl (C=O) groups is 1. The minimum Gasteiger partial charge on any atom is -0.442 e. The van der Waals surface area contributed by atoms with Crippen LogP contribution < -0.4 is 0 Å². The lowest BCUT2D eigenvalue weighted by molar-refractivity contribution is -0.0348. The first-order valence-electron chi connectivity index (χ1n) is 8.60. The van der Waals surface area contributed by atoms with Crippen LogP contribution in [-0.4, -0.2) is 40.5 Å². The maximum absolute atomic E-state index is 13.0. The summed E-state index contributed by atoms with van der Waals surface area (Å²) in [6.07, 6.45) is 1.76. The lowest BCUT2D eigenvalue weighted by Crippen LogP contribution is -2.42. The Morgan fingerprint density at radius 1 is 1.33 bits per heavy atom. The fourth-order valence-electron chi connectivity index (χ4n) is 2.99. The third-order valence-electron chi connectivity index (χ3n) is 4.43. The maximum Gasteiger partial charge on any atom is 0.266 e. The summed E-state index contributed by atoms with van der Waals surface area (Å²) in [5.74, 6) is 0.808. The highest BCUT2D eigenvalue weighted by Gasteiger charge is 2.30. The summed E-state index contributed by atoms with van der Waals surface area (Å²) in [4.78, 5) is 23.6. The lowest BCUT2D eigenvalue weighted by atomic mass is 10.1. The van der Waals surface area contributed by atoms with Crippen molar-refractivity contribution in [3.63, 3.8) is 0 Å². The molecule has 140 valence electrons. The third kappa shape index (κ3) is 3.91. The largest absolute Gasteiger partial charge is 0.442 e. The Bertz CT molecular complexity index is 938. The van der Waals surface area contributed by atoms with E-state index in [1.807, 2.05) is 6.92 Å². The highest BCUT2D eigenvalue weighted by molar-refractivity contribution is 7.11. The van der Waals surface area contributed by atoms with Gasteiger partial charge in [0.2, 0.25) is 5.89 Å². The molecule has 1 aliphatic heterocycles. The van der Waals surface area contributed by atoms with Gasteiger partial charge in [0.15, 0.2) is 6.10 Å². The molecule has 1 unspecified atom stereocenters. The van der Waals surface area contributed by atoms with E-state index in [0.717, 1.165) is 11.3 Å². The fourth-order valence-corrected chi connectivity index (χ4v) is 3.76. The molecule has 0 bridgehead atoms. The van der Waals surface area contributed by atoms with Crippen molar-refractivity contribution in [2.24, 2.45) is 0 Å². The van der Waals surface area contributed by atoms with E-state index < -0.39 is 6.10 Å². The second-order valence-corrected chi connectivity index (χ2v) is 7.20. The van der Waals surface area contributed by atoms with Crippen LogP contribution in [0, 0.1) is 12.7 Å². The molecule has 1 aliphatic rings. The van der Waals surface area contributed by atoms with E-state index in [-0.39, 0.29) is 11.7 Å². The van der Waals surface area contributed by atoms with Gasteiger partial charge in [0.05, 0.1) is 30.6 Å². The van der Waals surface area contributed by atoms with Crippen LogP contribution in [0.1, 0.15) is 38.7 Å². The number of nitrogens with zero attached hydrogens (tertiary/aromatic N) is 3. The van der Waals surface area contributed by atoms with Gasteiger partial charge in [0.25, 0.3) is 5.91 Å². The number of hydrogen-bond donors (Lipinski definition) is 0. The Hall–Kier alpha value is -2.58. The average molecular weight is 387 g/mol. The molecule has 3 aromatic rings. The Balaban J connectivity index is 1.44. The number of morpholine rings is 1. The minimum absolute atomic E-state index is 0.0404. The minimum atomic E-state index is -0.405. The van der Waals surface area contributed by atoms with Gasteiger partial charge in [-0.05, 0) is 24.6 Å². The summed E-state index contributed by atoms with van der Waals surface area (Å²) >= 11 is 1.35. The Morgan fingerprint density at radius 3 is 2.89 bits per heavy atom. The molecule has 4 rings (SSSR count). The van der Waals surface area contributed by atoms with E-state index in [1.54, 1.807) is 28.7 Å².